The molecule has 2 heterocycles. The van der Waals surface area contributed by atoms with Gasteiger partial charge in [0.2, 0.25) is 0 Å². The highest BCUT2D eigenvalue weighted by Gasteiger charge is 2.35. The number of fused-ring (bicyclic) bond motifs is 1. The van der Waals surface area contributed by atoms with E-state index in [1.165, 1.54) is 19.3 Å². The van der Waals surface area contributed by atoms with Crippen LogP contribution in [0.25, 0.3) is 0 Å². The quantitative estimate of drug-likeness (QED) is 0.921. The fourth-order valence-electron chi connectivity index (χ4n) is 3.03. The van der Waals surface area contributed by atoms with Crippen molar-refractivity contribution in [1.29, 1.82) is 0 Å². The molecule has 1 aliphatic heterocycles. The molecule has 0 amide bonds. The van der Waals surface area contributed by atoms with Crippen LogP contribution in [0.4, 0.5) is 0 Å². The number of hydrogen-bond acceptors (Lipinski definition) is 4. The molecule has 1 fully saturated rings. The number of carbonyl (C=O) groups is 1. The lowest BCUT2D eigenvalue weighted by atomic mass is 10.1. The molecule has 0 bridgehead atoms. The van der Waals surface area contributed by atoms with Crippen molar-refractivity contribution in [3.05, 3.63) is 5.82 Å². The average Bonchev–Trinajstić information content (AvgIpc) is 2.92. The van der Waals surface area contributed by atoms with Gasteiger partial charge in [0.1, 0.15) is 5.82 Å². The van der Waals surface area contributed by atoms with Gasteiger partial charge in [0, 0.05) is 18.2 Å². The van der Waals surface area contributed by atoms with Crippen molar-refractivity contribution in [2.75, 3.05) is 0 Å². The molecule has 3 rings (SSSR count). The molecular weight excluding hydrogens is 262 g/mol. The van der Waals surface area contributed by atoms with E-state index in [1.54, 1.807) is 11.8 Å². The zero-order valence-electron chi connectivity index (χ0n) is 10.9. The summed E-state index contributed by atoms with van der Waals surface area (Å²) in [5, 5.41) is 18.9. The van der Waals surface area contributed by atoms with Crippen LogP contribution in [-0.2, 0) is 17.8 Å². The van der Waals surface area contributed by atoms with E-state index < -0.39 is 5.97 Å². The lowest BCUT2D eigenvalue weighted by molar-refractivity contribution is -0.141. The van der Waals surface area contributed by atoms with E-state index in [0.717, 1.165) is 43.2 Å². The van der Waals surface area contributed by atoms with E-state index in [-0.39, 0.29) is 11.2 Å². The van der Waals surface area contributed by atoms with Crippen molar-refractivity contribution >= 4 is 17.7 Å². The molecule has 1 aliphatic carbocycles. The summed E-state index contributed by atoms with van der Waals surface area (Å²) in [7, 11) is 0. The van der Waals surface area contributed by atoms with Gasteiger partial charge in [0.05, 0.1) is 5.92 Å². The minimum Gasteiger partial charge on any atom is -0.481 e. The lowest BCUT2D eigenvalue weighted by Gasteiger charge is -2.15. The summed E-state index contributed by atoms with van der Waals surface area (Å²) in [5.41, 5.74) is 0. The Morgan fingerprint density at radius 1 is 1.21 bits per heavy atom. The molecule has 0 saturated heterocycles. The first-order valence-corrected chi connectivity index (χ1v) is 7.95. The van der Waals surface area contributed by atoms with Gasteiger partial charge >= 0.3 is 5.97 Å². The summed E-state index contributed by atoms with van der Waals surface area (Å²) < 4.78 is 2.20. The Hall–Kier alpha value is -1.04. The highest BCUT2D eigenvalue weighted by atomic mass is 32.2. The number of carboxylic acid groups (broad SMARTS) is 1. The molecular formula is C13H19N3O2S. The van der Waals surface area contributed by atoms with Crippen LogP contribution in [0.5, 0.6) is 0 Å². The Bertz CT molecular complexity index is 474. The molecule has 104 valence electrons. The minimum atomic E-state index is -0.661. The Labute approximate surface area is 116 Å². The van der Waals surface area contributed by atoms with Crippen LogP contribution >= 0.6 is 11.8 Å². The molecule has 6 heteroatoms. The normalized spacial score (nSPS) is 26.9. The second-order valence-corrected chi connectivity index (χ2v) is 6.60. The van der Waals surface area contributed by atoms with Gasteiger partial charge in [-0.15, -0.1) is 10.2 Å². The summed E-state index contributed by atoms with van der Waals surface area (Å²) in [5.74, 6) is 0.194. The second-order valence-electron chi connectivity index (χ2n) is 5.39. The van der Waals surface area contributed by atoms with Crippen molar-refractivity contribution in [3.8, 4) is 0 Å². The van der Waals surface area contributed by atoms with Gasteiger partial charge in [-0.3, -0.25) is 4.79 Å². The van der Waals surface area contributed by atoms with E-state index in [0.29, 0.717) is 0 Å². The zero-order chi connectivity index (χ0) is 13.2. The van der Waals surface area contributed by atoms with E-state index in [9.17, 15) is 9.90 Å². The van der Waals surface area contributed by atoms with Crippen LogP contribution in [0.1, 0.15) is 44.3 Å². The number of rotatable bonds is 3. The van der Waals surface area contributed by atoms with Gasteiger partial charge in [-0.05, 0) is 25.7 Å². The average molecular weight is 281 g/mol. The standard InChI is InChI=1S/C13H19N3O2S/c17-12(18)9-5-4-6-10(9)19-13-15-14-11-7-2-1-3-8-16(11)13/h9-10H,1-8H2,(H,17,18). The molecule has 5 nitrogen and oxygen atoms in total. The first-order valence-electron chi connectivity index (χ1n) is 7.07. The predicted molar refractivity (Wildman–Crippen MR) is 72.2 cm³/mol. The third kappa shape index (κ3) is 2.63. The van der Waals surface area contributed by atoms with E-state index >= 15 is 0 Å². The summed E-state index contributed by atoms with van der Waals surface area (Å²) in [6.07, 6.45) is 7.39. The molecule has 2 aliphatic rings. The second kappa shape index (κ2) is 5.53. The van der Waals surface area contributed by atoms with Crippen LogP contribution in [-0.4, -0.2) is 31.1 Å². The maximum atomic E-state index is 11.2. The molecule has 0 radical (unpaired) electrons. The number of hydrogen-bond donors (Lipinski definition) is 1. The smallest absolute Gasteiger partial charge is 0.307 e. The minimum absolute atomic E-state index is 0.161. The van der Waals surface area contributed by atoms with E-state index in [2.05, 4.69) is 14.8 Å². The summed E-state index contributed by atoms with van der Waals surface area (Å²) in [4.78, 5) is 11.2. The number of aromatic nitrogens is 3. The van der Waals surface area contributed by atoms with Crippen molar-refractivity contribution in [1.82, 2.24) is 14.8 Å². The Morgan fingerprint density at radius 3 is 2.95 bits per heavy atom. The van der Waals surface area contributed by atoms with E-state index in [1.807, 2.05) is 0 Å². The van der Waals surface area contributed by atoms with Gasteiger partial charge in [-0.2, -0.15) is 0 Å². The SMILES string of the molecule is O=C(O)C1CCCC1Sc1nnc2n1CCCCC2. The third-order valence-corrected chi connectivity index (χ3v) is 5.48. The Balaban J connectivity index is 1.76. The van der Waals surface area contributed by atoms with Gasteiger partial charge in [0.25, 0.3) is 0 Å². The van der Waals surface area contributed by atoms with Crippen LogP contribution in [0, 0.1) is 5.92 Å². The number of aliphatic carboxylic acids is 1. The fraction of sp³-hybridized carbons (Fsp3) is 0.769. The number of nitrogens with zero attached hydrogens (tertiary/aromatic N) is 3. The maximum absolute atomic E-state index is 11.2. The molecule has 0 aromatic carbocycles. The van der Waals surface area contributed by atoms with Gasteiger partial charge in [-0.1, -0.05) is 24.6 Å². The van der Waals surface area contributed by atoms with Crippen LogP contribution < -0.4 is 0 Å². The summed E-state index contributed by atoms with van der Waals surface area (Å²) >= 11 is 1.63. The molecule has 1 N–H and O–H groups in total. The number of carboxylic acids is 1. The molecule has 19 heavy (non-hydrogen) atoms. The lowest BCUT2D eigenvalue weighted by Crippen LogP contribution is -2.20. The van der Waals surface area contributed by atoms with Crippen molar-refractivity contribution in [2.45, 2.75) is 61.9 Å². The van der Waals surface area contributed by atoms with Crippen LogP contribution in [0.15, 0.2) is 5.16 Å². The van der Waals surface area contributed by atoms with Gasteiger partial charge < -0.3 is 9.67 Å². The molecule has 1 aromatic rings. The van der Waals surface area contributed by atoms with Crippen molar-refractivity contribution in [2.24, 2.45) is 5.92 Å². The third-order valence-electron chi connectivity index (χ3n) is 4.10. The Kier molecular flexibility index (Phi) is 3.77. The van der Waals surface area contributed by atoms with Gasteiger partial charge in [-0.25, -0.2) is 0 Å². The van der Waals surface area contributed by atoms with Crippen molar-refractivity contribution < 1.29 is 9.90 Å². The first-order chi connectivity index (χ1) is 9.25. The van der Waals surface area contributed by atoms with Crippen molar-refractivity contribution in [3.63, 3.8) is 0 Å². The predicted octanol–water partition coefficient (Wildman–Crippen LogP) is 2.35. The number of aryl methyl sites for hydroxylation is 1. The monoisotopic (exact) mass is 281 g/mol. The Morgan fingerprint density at radius 2 is 2.11 bits per heavy atom. The largest absolute Gasteiger partial charge is 0.481 e. The topological polar surface area (TPSA) is 68.0 Å². The molecule has 0 spiro atoms. The number of thioether (sulfide) groups is 1. The summed E-state index contributed by atoms with van der Waals surface area (Å²) in [6.45, 7) is 0.981. The van der Waals surface area contributed by atoms with Crippen LogP contribution in [0.3, 0.4) is 0 Å². The maximum Gasteiger partial charge on any atom is 0.307 e. The molecule has 1 aromatic heterocycles. The molecule has 1 saturated carbocycles. The highest BCUT2D eigenvalue weighted by Crippen LogP contribution is 2.39. The fourth-order valence-corrected chi connectivity index (χ4v) is 4.41. The molecule has 2 atom stereocenters. The highest BCUT2D eigenvalue weighted by molar-refractivity contribution is 7.99. The summed E-state index contributed by atoms with van der Waals surface area (Å²) in [6, 6.07) is 0. The van der Waals surface area contributed by atoms with E-state index in [4.69, 9.17) is 0 Å². The van der Waals surface area contributed by atoms with Crippen LogP contribution in [0.2, 0.25) is 0 Å². The van der Waals surface area contributed by atoms with Gasteiger partial charge in [0.15, 0.2) is 5.16 Å². The zero-order valence-corrected chi connectivity index (χ0v) is 11.7. The molecule has 2 unspecified atom stereocenters. The first kappa shape index (κ1) is 13.0.